The fourth-order valence-electron chi connectivity index (χ4n) is 2.08. The molecule has 1 aromatic rings. The number of hydrogen-bond acceptors (Lipinski definition) is 1. The summed E-state index contributed by atoms with van der Waals surface area (Å²) < 4.78 is 7.08. The number of rotatable bonds is 2. The van der Waals surface area contributed by atoms with E-state index in [1.165, 1.54) is 38.5 Å². The fraction of sp³-hybridized carbons (Fsp3) is 0.538. The van der Waals surface area contributed by atoms with Crippen LogP contribution in [-0.2, 0) is 0 Å². The van der Waals surface area contributed by atoms with Gasteiger partial charge in [-0.15, -0.1) is 0 Å². The summed E-state index contributed by atoms with van der Waals surface area (Å²) in [6.45, 7) is 0. The van der Waals surface area contributed by atoms with E-state index in [2.05, 4.69) is 15.9 Å². The topological polar surface area (TPSA) is 9.23 Å². The minimum absolute atomic E-state index is 0.422. The molecule has 0 unspecified atom stereocenters. The molecule has 0 aliphatic heterocycles. The Morgan fingerprint density at radius 3 is 2.33 bits per heavy atom. The Hall–Kier alpha value is -0.500. The average molecular weight is 269 g/mol. The van der Waals surface area contributed by atoms with Gasteiger partial charge in [0.1, 0.15) is 5.75 Å². The summed E-state index contributed by atoms with van der Waals surface area (Å²) >= 11 is 3.52. The molecule has 0 heterocycles. The van der Waals surface area contributed by atoms with Gasteiger partial charge in [-0.05, 0) is 53.7 Å². The Morgan fingerprint density at radius 1 is 1.00 bits per heavy atom. The SMILES string of the molecule is Brc1ccccc1OC1CCCCCC1. The highest BCUT2D eigenvalue weighted by Crippen LogP contribution is 2.28. The molecule has 1 aliphatic rings. The Balaban J connectivity index is 1.98. The maximum atomic E-state index is 6.02. The molecule has 0 amide bonds. The first-order valence-corrected chi connectivity index (χ1v) is 6.57. The van der Waals surface area contributed by atoms with Gasteiger partial charge < -0.3 is 4.74 Å². The zero-order chi connectivity index (χ0) is 10.5. The lowest BCUT2D eigenvalue weighted by atomic mass is 10.1. The molecule has 0 saturated heterocycles. The molecule has 0 atom stereocenters. The van der Waals surface area contributed by atoms with Crippen LogP contribution in [0, 0.1) is 0 Å². The van der Waals surface area contributed by atoms with Crippen LogP contribution in [0.3, 0.4) is 0 Å². The fourth-order valence-corrected chi connectivity index (χ4v) is 2.46. The Labute approximate surface area is 100.0 Å². The molecular weight excluding hydrogens is 252 g/mol. The highest BCUT2D eigenvalue weighted by Gasteiger charge is 2.14. The van der Waals surface area contributed by atoms with Gasteiger partial charge in [0.05, 0.1) is 10.6 Å². The van der Waals surface area contributed by atoms with E-state index in [0.29, 0.717) is 6.10 Å². The minimum atomic E-state index is 0.422. The van der Waals surface area contributed by atoms with Crippen molar-refractivity contribution in [2.45, 2.75) is 44.6 Å². The third-order valence-electron chi connectivity index (χ3n) is 2.93. The van der Waals surface area contributed by atoms with Gasteiger partial charge in [-0.1, -0.05) is 25.0 Å². The van der Waals surface area contributed by atoms with E-state index in [1.54, 1.807) is 0 Å². The van der Waals surface area contributed by atoms with Crippen LogP contribution in [0.25, 0.3) is 0 Å². The van der Waals surface area contributed by atoms with E-state index in [9.17, 15) is 0 Å². The first-order valence-electron chi connectivity index (χ1n) is 5.77. The molecule has 2 rings (SSSR count). The second kappa shape index (κ2) is 5.55. The van der Waals surface area contributed by atoms with E-state index in [4.69, 9.17) is 4.74 Å². The van der Waals surface area contributed by atoms with Crippen molar-refractivity contribution in [3.05, 3.63) is 28.7 Å². The summed E-state index contributed by atoms with van der Waals surface area (Å²) in [7, 11) is 0. The lowest BCUT2D eigenvalue weighted by Gasteiger charge is -2.17. The van der Waals surface area contributed by atoms with E-state index >= 15 is 0 Å². The van der Waals surface area contributed by atoms with Gasteiger partial charge >= 0.3 is 0 Å². The zero-order valence-corrected chi connectivity index (χ0v) is 10.5. The van der Waals surface area contributed by atoms with Crippen molar-refractivity contribution < 1.29 is 4.74 Å². The van der Waals surface area contributed by atoms with Crippen LogP contribution >= 0.6 is 15.9 Å². The molecule has 1 aliphatic carbocycles. The molecule has 15 heavy (non-hydrogen) atoms. The average Bonchev–Trinajstić information content (AvgIpc) is 2.50. The number of ether oxygens (including phenoxy) is 1. The molecule has 0 bridgehead atoms. The summed E-state index contributed by atoms with van der Waals surface area (Å²) in [5.41, 5.74) is 0. The van der Waals surface area contributed by atoms with Crippen molar-refractivity contribution in [1.82, 2.24) is 0 Å². The van der Waals surface area contributed by atoms with Gasteiger partial charge in [0.15, 0.2) is 0 Å². The van der Waals surface area contributed by atoms with Gasteiger partial charge in [0.2, 0.25) is 0 Å². The highest BCUT2D eigenvalue weighted by atomic mass is 79.9. The summed E-state index contributed by atoms with van der Waals surface area (Å²) in [4.78, 5) is 0. The third kappa shape index (κ3) is 3.23. The van der Waals surface area contributed by atoms with Gasteiger partial charge in [-0.3, -0.25) is 0 Å². The second-order valence-electron chi connectivity index (χ2n) is 4.16. The lowest BCUT2D eigenvalue weighted by Crippen LogP contribution is -2.15. The third-order valence-corrected chi connectivity index (χ3v) is 3.59. The summed E-state index contributed by atoms with van der Waals surface area (Å²) in [6.07, 6.45) is 8.21. The Bertz CT molecular complexity index is 303. The molecule has 0 aromatic heterocycles. The molecule has 0 spiro atoms. The van der Waals surface area contributed by atoms with Crippen molar-refractivity contribution in [2.24, 2.45) is 0 Å². The van der Waals surface area contributed by atoms with Crippen molar-refractivity contribution in [3.63, 3.8) is 0 Å². The van der Waals surface area contributed by atoms with E-state index in [1.807, 2.05) is 24.3 Å². The summed E-state index contributed by atoms with van der Waals surface area (Å²) in [5.74, 6) is 0.990. The Morgan fingerprint density at radius 2 is 1.67 bits per heavy atom. The van der Waals surface area contributed by atoms with Crippen LogP contribution in [-0.4, -0.2) is 6.10 Å². The first kappa shape index (κ1) is 11.0. The smallest absolute Gasteiger partial charge is 0.133 e. The molecule has 1 aromatic carbocycles. The van der Waals surface area contributed by atoms with E-state index < -0.39 is 0 Å². The molecule has 82 valence electrons. The van der Waals surface area contributed by atoms with Crippen LogP contribution in [0.15, 0.2) is 28.7 Å². The van der Waals surface area contributed by atoms with Gasteiger partial charge in [0, 0.05) is 0 Å². The van der Waals surface area contributed by atoms with Crippen molar-refractivity contribution in [2.75, 3.05) is 0 Å². The standard InChI is InChI=1S/C13H17BrO/c14-12-9-5-6-10-13(12)15-11-7-3-1-2-4-8-11/h5-6,9-11H,1-4,7-8H2. The Kier molecular flexibility index (Phi) is 4.07. The molecule has 0 N–H and O–H groups in total. The second-order valence-corrected chi connectivity index (χ2v) is 5.02. The molecule has 1 fully saturated rings. The highest BCUT2D eigenvalue weighted by molar-refractivity contribution is 9.10. The first-order chi connectivity index (χ1) is 7.36. The quantitative estimate of drug-likeness (QED) is 0.715. The molecule has 1 nitrogen and oxygen atoms in total. The number of hydrogen-bond donors (Lipinski definition) is 0. The van der Waals surface area contributed by atoms with E-state index in [-0.39, 0.29) is 0 Å². The number of para-hydroxylation sites is 1. The minimum Gasteiger partial charge on any atom is -0.489 e. The van der Waals surface area contributed by atoms with Crippen molar-refractivity contribution >= 4 is 15.9 Å². The van der Waals surface area contributed by atoms with Crippen LogP contribution < -0.4 is 4.74 Å². The normalized spacial score (nSPS) is 18.5. The predicted octanol–water partition coefficient (Wildman–Crippen LogP) is 4.55. The number of halogens is 1. The van der Waals surface area contributed by atoms with Gasteiger partial charge in [-0.25, -0.2) is 0 Å². The summed E-state index contributed by atoms with van der Waals surface area (Å²) in [6, 6.07) is 8.11. The van der Waals surface area contributed by atoms with Crippen LogP contribution in [0.2, 0.25) is 0 Å². The van der Waals surface area contributed by atoms with Crippen molar-refractivity contribution in [1.29, 1.82) is 0 Å². The summed E-state index contributed by atoms with van der Waals surface area (Å²) in [5, 5.41) is 0. The zero-order valence-electron chi connectivity index (χ0n) is 8.92. The monoisotopic (exact) mass is 268 g/mol. The van der Waals surface area contributed by atoms with Crippen LogP contribution in [0.4, 0.5) is 0 Å². The van der Waals surface area contributed by atoms with Crippen molar-refractivity contribution in [3.8, 4) is 5.75 Å². The predicted molar refractivity (Wildman–Crippen MR) is 66.3 cm³/mol. The van der Waals surface area contributed by atoms with Crippen LogP contribution in [0.5, 0.6) is 5.75 Å². The van der Waals surface area contributed by atoms with E-state index in [0.717, 1.165) is 10.2 Å². The maximum Gasteiger partial charge on any atom is 0.133 e. The molecule has 1 saturated carbocycles. The van der Waals surface area contributed by atoms with Crippen LogP contribution in [0.1, 0.15) is 38.5 Å². The maximum absolute atomic E-state index is 6.02. The lowest BCUT2D eigenvalue weighted by molar-refractivity contribution is 0.182. The molecular formula is C13H17BrO. The molecule has 2 heteroatoms. The van der Waals surface area contributed by atoms with Gasteiger partial charge in [0.25, 0.3) is 0 Å². The molecule has 0 radical (unpaired) electrons. The number of benzene rings is 1. The van der Waals surface area contributed by atoms with Gasteiger partial charge in [-0.2, -0.15) is 0 Å². The largest absolute Gasteiger partial charge is 0.489 e.